The van der Waals surface area contributed by atoms with Gasteiger partial charge in [0.2, 0.25) is 0 Å². The summed E-state index contributed by atoms with van der Waals surface area (Å²) in [5.41, 5.74) is 4.88. The first-order chi connectivity index (χ1) is 16.8. The molecule has 0 aliphatic carbocycles. The van der Waals surface area contributed by atoms with Gasteiger partial charge >= 0.3 is 0 Å². The second-order valence-electron chi connectivity index (χ2n) is 9.16. The van der Waals surface area contributed by atoms with E-state index in [0.29, 0.717) is 13.2 Å². The molecule has 0 bridgehead atoms. The van der Waals surface area contributed by atoms with Crippen LogP contribution in [0.5, 0.6) is 0 Å². The Hall–Kier alpha value is -2.30. The number of aliphatic hydroxyl groups is 2. The van der Waals surface area contributed by atoms with Crippen LogP contribution in [0.4, 0.5) is 0 Å². The van der Waals surface area contributed by atoms with Crippen LogP contribution >= 0.6 is 0 Å². The Morgan fingerprint density at radius 3 is 1.12 bits per heavy atom. The molecule has 4 heteroatoms. The summed E-state index contributed by atoms with van der Waals surface area (Å²) in [5, 5.41) is 26.0. The molecule has 0 atom stereocenters. The van der Waals surface area contributed by atoms with Gasteiger partial charge in [-0.1, -0.05) is 99.9 Å². The average Bonchev–Trinajstić information content (AvgIpc) is 2.87. The van der Waals surface area contributed by atoms with Gasteiger partial charge in [0.1, 0.15) is 0 Å². The number of rotatable bonds is 19. The monoisotopic (exact) mass is 464 g/mol. The summed E-state index contributed by atoms with van der Waals surface area (Å²) in [6.07, 6.45) is 20.0. The molecular weight excluding hydrogens is 420 g/mol. The first-order valence-corrected chi connectivity index (χ1v) is 13.3. The average molecular weight is 465 g/mol. The van der Waals surface area contributed by atoms with Crippen molar-refractivity contribution >= 4 is 12.4 Å². The van der Waals surface area contributed by atoms with Crippen molar-refractivity contribution in [1.29, 1.82) is 0 Å². The Morgan fingerprint density at radius 2 is 0.765 bits per heavy atom. The summed E-state index contributed by atoms with van der Waals surface area (Å²) in [6, 6.07) is 17.2. The highest BCUT2D eigenvalue weighted by Crippen LogP contribution is 2.12. The SMILES string of the molecule is OCCCCCCCCc1ccc(/C=N/N=C/c2ccc(CCCCCCCCO)cc2)cc1. The summed E-state index contributed by atoms with van der Waals surface area (Å²) < 4.78 is 0. The van der Waals surface area contributed by atoms with E-state index in [1.807, 2.05) is 0 Å². The minimum absolute atomic E-state index is 0.322. The summed E-state index contributed by atoms with van der Waals surface area (Å²) in [5.74, 6) is 0. The summed E-state index contributed by atoms with van der Waals surface area (Å²) in [7, 11) is 0. The van der Waals surface area contributed by atoms with Gasteiger partial charge in [0, 0.05) is 13.2 Å². The maximum atomic E-state index is 8.80. The fourth-order valence-electron chi connectivity index (χ4n) is 4.04. The fourth-order valence-corrected chi connectivity index (χ4v) is 4.04. The van der Waals surface area contributed by atoms with E-state index in [9.17, 15) is 0 Å². The third-order valence-electron chi connectivity index (χ3n) is 6.19. The highest BCUT2D eigenvalue weighted by Gasteiger charge is 1.97. The van der Waals surface area contributed by atoms with Crippen molar-refractivity contribution in [2.24, 2.45) is 10.2 Å². The second kappa shape index (κ2) is 19.1. The van der Waals surface area contributed by atoms with E-state index >= 15 is 0 Å². The number of benzene rings is 2. The van der Waals surface area contributed by atoms with Crippen LogP contribution in [0.25, 0.3) is 0 Å². The largest absolute Gasteiger partial charge is 0.396 e. The van der Waals surface area contributed by atoms with Crippen LogP contribution in [0.1, 0.15) is 99.3 Å². The number of nitrogens with zero attached hydrogens (tertiary/aromatic N) is 2. The first-order valence-electron chi connectivity index (χ1n) is 13.3. The molecule has 4 nitrogen and oxygen atoms in total. The summed E-state index contributed by atoms with van der Waals surface area (Å²) >= 11 is 0. The minimum Gasteiger partial charge on any atom is -0.396 e. The molecule has 2 aromatic carbocycles. The van der Waals surface area contributed by atoms with E-state index in [4.69, 9.17) is 10.2 Å². The molecule has 2 rings (SSSR count). The van der Waals surface area contributed by atoms with Gasteiger partial charge in [-0.2, -0.15) is 10.2 Å². The number of hydrogen-bond acceptors (Lipinski definition) is 4. The zero-order chi connectivity index (χ0) is 24.1. The molecule has 0 heterocycles. The number of aliphatic hydroxyl groups excluding tert-OH is 2. The Morgan fingerprint density at radius 1 is 0.441 bits per heavy atom. The van der Waals surface area contributed by atoms with E-state index in [1.54, 1.807) is 12.4 Å². The van der Waals surface area contributed by atoms with Gasteiger partial charge in [0.25, 0.3) is 0 Å². The smallest absolute Gasteiger partial charge is 0.0568 e. The molecule has 0 saturated heterocycles. The highest BCUT2D eigenvalue weighted by molar-refractivity contribution is 5.82. The Balaban J connectivity index is 1.62. The molecule has 186 valence electrons. The molecule has 0 amide bonds. The van der Waals surface area contributed by atoms with Crippen molar-refractivity contribution in [1.82, 2.24) is 0 Å². The molecule has 0 aliphatic heterocycles. The summed E-state index contributed by atoms with van der Waals surface area (Å²) in [4.78, 5) is 0. The van der Waals surface area contributed by atoms with Crippen LogP contribution in [0.2, 0.25) is 0 Å². The van der Waals surface area contributed by atoms with Crippen LogP contribution < -0.4 is 0 Å². The van der Waals surface area contributed by atoms with Crippen LogP contribution in [0.3, 0.4) is 0 Å². The minimum atomic E-state index is 0.322. The molecule has 34 heavy (non-hydrogen) atoms. The van der Waals surface area contributed by atoms with E-state index < -0.39 is 0 Å². The van der Waals surface area contributed by atoms with Gasteiger partial charge in [-0.25, -0.2) is 0 Å². The van der Waals surface area contributed by atoms with Gasteiger partial charge in [-0.15, -0.1) is 0 Å². The van der Waals surface area contributed by atoms with Gasteiger partial charge in [-0.3, -0.25) is 0 Å². The summed E-state index contributed by atoms with van der Waals surface area (Å²) in [6.45, 7) is 0.644. The van der Waals surface area contributed by atoms with Crippen LogP contribution in [-0.2, 0) is 12.8 Å². The van der Waals surface area contributed by atoms with Gasteiger partial charge < -0.3 is 10.2 Å². The third kappa shape index (κ3) is 13.4. The molecule has 0 aliphatic rings. The number of unbranched alkanes of at least 4 members (excludes halogenated alkanes) is 10. The second-order valence-corrected chi connectivity index (χ2v) is 9.16. The number of hydrogen-bond donors (Lipinski definition) is 2. The lowest BCUT2D eigenvalue weighted by atomic mass is 10.0. The van der Waals surface area contributed by atoms with E-state index in [0.717, 1.165) is 49.7 Å². The standard InChI is InChI=1S/C30H44N2O2/c33-23-11-7-3-1-5-9-13-27-15-19-29(20-16-27)25-31-32-26-30-21-17-28(18-22-30)14-10-6-2-4-8-12-24-34/h15-22,25-26,33-34H,1-14,23-24H2/b31-25+,32-26+. The van der Waals surface area contributed by atoms with Crippen LogP contribution in [-0.4, -0.2) is 35.9 Å². The maximum absolute atomic E-state index is 8.80. The zero-order valence-electron chi connectivity index (χ0n) is 20.9. The van der Waals surface area contributed by atoms with Crippen molar-refractivity contribution in [2.45, 2.75) is 89.9 Å². The molecule has 0 unspecified atom stereocenters. The zero-order valence-corrected chi connectivity index (χ0v) is 20.9. The van der Waals surface area contributed by atoms with Gasteiger partial charge in [0.05, 0.1) is 12.4 Å². The Labute approximate surface area is 206 Å². The molecule has 0 spiro atoms. The molecule has 0 aromatic heterocycles. The molecular formula is C30H44N2O2. The van der Waals surface area contributed by atoms with Crippen molar-refractivity contribution in [3.8, 4) is 0 Å². The van der Waals surface area contributed by atoms with Crippen molar-refractivity contribution in [2.75, 3.05) is 13.2 Å². The fraction of sp³-hybridized carbons (Fsp3) is 0.533. The maximum Gasteiger partial charge on any atom is 0.0568 e. The van der Waals surface area contributed by atoms with Crippen molar-refractivity contribution < 1.29 is 10.2 Å². The molecule has 2 aromatic rings. The normalized spacial score (nSPS) is 11.7. The van der Waals surface area contributed by atoms with E-state index in [1.165, 1.54) is 62.5 Å². The Kier molecular flexibility index (Phi) is 15.7. The van der Waals surface area contributed by atoms with Crippen molar-refractivity contribution in [3.05, 3.63) is 70.8 Å². The van der Waals surface area contributed by atoms with Gasteiger partial charge in [-0.05, 0) is 60.8 Å². The topological polar surface area (TPSA) is 65.2 Å². The number of aryl methyl sites for hydroxylation is 2. The third-order valence-corrected chi connectivity index (χ3v) is 6.19. The first kappa shape index (κ1) is 27.9. The van der Waals surface area contributed by atoms with E-state index in [2.05, 4.69) is 58.7 Å². The molecule has 2 N–H and O–H groups in total. The van der Waals surface area contributed by atoms with Crippen molar-refractivity contribution in [3.63, 3.8) is 0 Å². The molecule has 0 fully saturated rings. The van der Waals surface area contributed by atoms with Crippen LogP contribution in [0.15, 0.2) is 58.7 Å². The lowest BCUT2D eigenvalue weighted by Gasteiger charge is -2.03. The predicted molar refractivity (Wildman–Crippen MR) is 145 cm³/mol. The highest BCUT2D eigenvalue weighted by atomic mass is 16.3. The van der Waals surface area contributed by atoms with Crippen LogP contribution in [0, 0.1) is 0 Å². The lowest BCUT2D eigenvalue weighted by molar-refractivity contribution is 0.282. The predicted octanol–water partition coefficient (Wildman–Crippen LogP) is 6.89. The molecule has 0 radical (unpaired) electrons. The van der Waals surface area contributed by atoms with E-state index in [-0.39, 0.29) is 0 Å². The molecule has 0 saturated carbocycles. The Bertz CT molecular complexity index is 728. The quantitative estimate of drug-likeness (QED) is 0.135. The lowest BCUT2D eigenvalue weighted by Crippen LogP contribution is -1.89. The van der Waals surface area contributed by atoms with Gasteiger partial charge in [0.15, 0.2) is 0 Å².